The summed E-state index contributed by atoms with van der Waals surface area (Å²) in [6, 6.07) is 0. The minimum Gasteiger partial charge on any atom is -0.545 e. The Morgan fingerprint density at radius 2 is 1.78 bits per heavy atom. The van der Waals surface area contributed by atoms with E-state index in [2.05, 4.69) is 9.47 Å². The van der Waals surface area contributed by atoms with Crippen molar-refractivity contribution in [3.8, 4) is 0 Å². The number of carboxylic acid groups (broad SMARTS) is 1. The van der Waals surface area contributed by atoms with Crippen molar-refractivity contribution in [1.29, 1.82) is 0 Å². The van der Waals surface area contributed by atoms with Crippen LogP contribution in [0.4, 0.5) is 0 Å². The Labute approximate surface area is 95.9 Å². The van der Waals surface area contributed by atoms with Crippen LogP contribution in [-0.4, -0.2) is 26.5 Å². The molecule has 0 radical (unpaired) electrons. The molecule has 0 spiro atoms. The quantitative estimate of drug-likeness (QED) is 0.306. The van der Waals surface area contributed by atoms with Gasteiger partial charge in [0, 0.05) is 14.2 Å². The van der Waals surface area contributed by atoms with E-state index in [0.29, 0.717) is 0 Å². The zero-order valence-electron chi connectivity index (χ0n) is 5.71. The second kappa shape index (κ2) is 7.14. The van der Waals surface area contributed by atoms with Crippen molar-refractivity contribution in [2.45, 2.75) is 6.29 Å². The third-order valence-electron chi connectivity index (χ3n) is 0.621. The third kappa shape index (κ3) is 5.47. The van der Waals surface area contributed by atoms with Crippen LogP contribution < -0.4 is 56.5 Å². The standard InChI is InChI=1S/C4H8O4.K/c1-7-4(8-2)3(5)6;/h4H,1-2H3,(H,5,6);/q;+1/p-1. The molecule has 0 aliphatic rings. The molecule has 0 unspecified atom stereocenters. The van der Waals surface area contributed by atoms with Gasteiger partial charge in [-0.3, -0.25) is 0 Å². The summed E-state index contributed by atoms with van der Waals surface area (Å²) in [4.78, 5) is 9.80. The molecule has 0 aromatic heterocycles. The van der Waals surface area contributed by atoms with Crippen molar-refractivity contribution >= 4 is 5.97 Å². The van der Waals surface area contributed by atoms with Crippen molar-refractivity contribution in [3.05, 3.63) is 0 Å². The molecule has 0 saturated heterocycles. The van der Waals surface area contributed by atoms with Crippen molar-refractivity contribution in [1.82, 2.24) is 0 Å². The Hall–Kier alpha value is 1.03. The molecule has 0 rings (SSSR count). The molecule has 0 aliphatic heterocycles. The van der Waals surface area contributed by atoms with Gasteiger partial charge in [-0.2, -0.15) is 0 Å². The van der Waals surface area contributed by atoms with Crippen molar-refractivity contribution in [2.75, 3.05) is 14.2 Å². The number of rotatable bonds is 3. The van der Waals surface area contributed by atoms with Gasteiger partial charge < -0.3 is 19.4 Å². The molecule has 0 N–H and O–H groups in total. The van der Waals surface area contributed by atoms with Gasteiger partial charge in [0.2, 0.25) is 0 Å². The van der Waals surface area contributed by atoms with Crippen LogP contribution >= 0.6 is 0 Å². The van der Waals surface area contributed by atoms with Crippen LogP contribution in [0.15, 0.2) is 0 Å². The van der Waals surface area contributed by atoms with Crippen LogP contribution in [0.25, 0.3) is 0 Å². The predicted molar refractivity (Wildman–Crippen MR) is 22.8 cm³/mol. The van der Waals surface area contributed by atoms with Crippen molar-refractivity contribution < 1.29 is 70.8 Å². The fourth-order valence-electron chi connectivity index (χ4n) is 0.289. The monoisotopic (exact) mass is 158 g/mol. The van der Waals surface area contributed by atoms with Crippen molar-refractivity contribution in [2.24, 2.45) is 0 Å². The maximum atomic E-state index is 9.80. The van der Waals surface area contributed by atoms with Gasteiger partial charge in [0.25, 0.3) is 0 Å². The molecule has 0 bridgehead atoms. The average molecular weight is 158 g/mol. The number of carboxylic acids is 1. The molecule has 4 nitrogen and oxygen atoms in total. The summed E-state index contributed by atoms with van der Waals surface area (Å²) in [5.74, 6) is -1.37. The van der Waals surface area contributed by atoms with Crippen LogP contribution in [0.5, 0.6) is 0 Å². The third-order valence-corrected chi connectivity index (χ3v) is 0.621. The normalized spacial score (nSPS) is 8.78. The number of hydrogen-bond donors (Lipinski definition) is 0. The molecule has 48 valence electrons. The van der Waals surface area contributed by atoms with Gasteiger partial charge in [-0.05, 0) is 0 Å². The van der Waals surface area contributed by atoms with E-state index < -0.39 is 12.3 Å². The van der Waals surface area contributed by atoms with E-state index in [9.17, 15) is 9.90 Å². The van der Waals surface area contributed by atoms with Crippen molar-refractivity contribution in [3.63, 3.8) is 0 Å². The molecule has 0 fully saturated rings. The summed E-state index contributed by atoms with van der Waals surface area (Å²) in [5, 5.41) is 9.80. The molecule has 0 aromatic carbocycles. The summed E-state index contributed by atoms with van der Waals surface area (Å²) >= 11 is 0. The summed E-state index contributed by atoms with van der Waals surface area (Å²) < 4.78 is 8.55. The second-order valence-corrected chi connectivity index (χ2v) is 1.12. The Bertz CT molecular complexity index is 80.6. The number of methoxy groups -OCH3 is 2. The first-order valence-corrected chi connectivity index (χ1v) is 1.98. The molecule has 0 atom stereocenters. The Morgan fingerprint density at radius 1 is 1.44 bits per heavy atom. The van der Waals surface area contributed by atoms with E-state index in [1.807, 2.05) is 0 Å². The first-order chi connectivity index (χ1) is 3.72. The van der Waals surface area contributed by atoms with Gasteiger partial charge in [0.15, 0.2) is 6.29 Å². The zero-order chi connectivity index (χ0) is 6.57. The van der Waals surface area contributed by atoms with Crippen LogP contribution in [0.1, 0.15) is 0 Å². The summed E-state index contributed by atoms with van der Waals surface area (Å²) in [6.45, 7) is 0. The van der Waals surface area contributed by atoms with E-state index in [1.165, 1.54) is 14.2 Å². The minimum atomic E-state index is -1.37. The number of ether oxygens (including phenoxy) is 2. The van der Waals surface area contributed by atoms with Gasteiger partial charge in [0.1, 0.15) is 0 Å². The van der Waals surface area contributed by atoms with Gasteiger partial charge in [-0.1, -0.05) is 0 Å². The summed E-state index contributed by atoms with van der Waals surface area (Å²) in [6.07, 6.45) is -1.24. The Morgan fingerprint density at radius 3 is 1.78 bits per heavy atom. The molecule has 0 amide bonds. The SMILES string of the molecule is COC(OC)C(=O)[O-].[K+]. The molecule has 5 heteroatoms. The van der Waals surface area contributed by atoms with Crippen LogP contribution in [0.3, 0.4) is 0 Å². The van der Waals surface area contributed by atoms with Gasteiger partial charge in [-0.15, -0.1) is 0 Å². The molecular formula is C4H7KO4. The molecule has 0 heterocycles. The molecule has 0 saturated carbocycles. The fraction of sp³-hybridized carbons (Fsp3) is 0.750. The molecule has 9 heavy (non-hydrogen) atoms. The molecular weight excluding hydrogens is 151 g/mol. The van der Waals surface area contributed by atoms with Crippen LogP contribution in [-0.2, 0) is 14.3 Å². The van der Waals surface area contributed by atoms with Gasteiger partial charge in [-0.25, -0.2) is 0 Å². The smallest absolute Gasteiger partial charge is 0.545 e. The van der Waals surface area contributed by atoms with Gasteiger partial charge >= 0.3 is 51.4 Å². The van der Waals surface area contributed by atoms with E-state index >= 15 is 0 Å². The average Bonchev–Trinajstić information content (AvgIpc) is 1.69. The van der Waals surface area contributed by atoms with E-state index in [0.717, 1.165) is 0 Å². The van der Waals surface area contributed by atoms with E-state index in [4.69, 9.17) is 0 Å². The molecule has 0 aromatic rings. The maximum absolute atomic E-state index is 9.80. The number of hydrogen-bond acceptors (Lipinski definition) is 4. The maximum Gasteiger partial charge on any atom is 1.00 e. The second-order valence-electron chi connectivity index (χ2n) is 1.12. The first kappa shape index (κ1) is 12.7. The van der Waals surface area contributed by atoms with E-state index in [1.54, 1.807) is 0 Å². The number of carbonyl (C=O) groups excluding carboxylic acids is 1. The Balaban J connectivity index is 0. The predicted octanol–water partition coefficient (Wildman–Crippen LogP) is -4.64. The topological polar surface area (TPSA) is 58.6 Å². The van der Waals surface area contributed by atoms with Gasteiger partial charge in [0.05, 0.1) is 5.97 Å². The summed E-state index contributed by atoms with van der Waals surface area (Å²) in [5.41, 5.74) is 0. The van der Waals surface area contributed by atoms with Crippen LogP contribution in [0.2, 0.25) is 0 Å². The largest absolute Gasteiger partial charge is 1.00 e. The number of carbonyl (C=O) groups is 1. The summed E-state index contributed by atoms with van der Waals surface area (Å²) in [7, 11) is 2.45. The van der Waals surface area contributed by atoms with Crippen LogP contribution in [0, 0.1) is 0 Å². The number of aliphatic carboxylic acids is 1. The Kier molecular flexibility index (Phi) is 10.1. The molecule has 0 aliphatic carbocycles. The fourth-order valence-corrected chi connectivity index (χ4v) is 0.289. The van der Waals surface area contributed by atoms with E-state index in [-0.39, 0.29) is 51.4 Å². The first-order valence-electron chi connectivity index (χ1n) is 1.98. The zero-order valence-corrected chi connectivity index (χ0v) is 8.83. The minimum absolute atomic E-state index is 0.